The van der Waals surface area contributed by atoms with E-state index in [0.29, 0.717) is 12.8 Å². The smallest absolute Gasteiger partial charge is 0.255 e. The van der Waals surface area contributed by atoms with Crippen LogP contribution in [0.15, 0.2) is 0 Å². The van der Waals surface area contributed by atoms with Gasteiger partial charge in [-0.05, 0) is 12.8 Å². The standard InChI is InChI=1S/C13H22F2N2O2/c1-9(2)11(18)17-13(6-4-3-5-7-13)12(19)16-8-10(14)15/h9-10H,3-8H2,1-2H3,(H,16,19)(H,17,18). The fourth-order valence-electron chi connectivity index (χ4n) is 2.28. The molecule has 2 amide bonds. The highest BCUT2D eigenvalue weighted by Gasteiger charge is 2.41. The number of alkyl halides is 2. The molecule has 0 atom stereocenters. The summed E-state index contributed by atoms with van der Waals surface area (Å²) in [6, 6.07) is 0. The molecular formula is C13H22F2N2O2. The summed E-state index contributed by atoms with van der Waals surface area (Å²) in [5.74, 6) is -0.933. The average Bonchev–Trinajstić information content (AvgIpc) is 2.36. The Bertz CT molecular complexity index is 327. The van der Waals surface area contributed by atoms with Gasteiger partial charge in [0.05, 0.1) is 6.54 Å². The van der Waals surface area contributed by atoms with Gasteiger partial charge in [-0.1, -0.05) is 33.1 Å². The van der Waals surface area contributed by atoms with Gasteiger partial charge in [0.25, 0.3) is 6.43 Å². The zero-order valence-electron chi connectivity index (χ0n) is 11.5. The molecule has 110 valence electrons. The Labute approximate surface area is 112 Å². The first-order chi connectivity index (χ1) is 8.87. The second-order valence-electron chi connectivity index (χ2n) is 5.39. The Morgan fingerprint density at radius 1 is 1.16 bits per heavy atom. The second-order valence-corrected chi connectivity index (χ2v) is 5.39. The Morgan fingerprint density at radius 2 is 1.74 bits per heavy atom. The molecule has 0 aromatic heterocycles. The fraction of sp³-hybridized carbons (Fsp3) is 0.846. The zero-order valence-corrected chi connectivity index (χ0v) is 11.5. The van der Waals surface area contributed by atoms with Crippen LogP contribution >= 0.6 is 0 Å². The van der Waals surface area contributed by atoms with Crippen LogP contribution in [0, 0.1) is 5.92 Å². The maximum Gasteiger partial charge on any atom is 0.255 e. The van der Waals surface area contributed by atoms with Crippen molar-refractivity contribution in [2.24, 2.45) is 5.92 Å². The Hall–Kier alpha value is -1.20. The summed E-state index contributed by atoms with van der Waals surface area (Å²) in [4.78, 5) is 23.9. The van der Waals surface area contributed by atoms with Crippen molar-refractivity contribution >= 4 is 11.8 Å². The number of hydrogen-bond acceptors (Lipinski definition) is 2. The highest BCUT2D eigenvalue weighted by Crippen LogP contribution is 2.29. The molecule has 1 rings (SSSR count). The molecule has 1 fully saturated rings. The van der Waals surface area contributed by atoms with E-state index in [1.54, 1.807) is 13.8 Å². The topological polar surface area (TPSA) is 58.2 Å². The van der Waals surface area contributed by atoms with Gasteiger partial charge in [-0.15, -0.1) is 0 Å². The molecular weight excluding hydrogens is 254 g/mol. The number of carbonyl (C=O) groups is 2. The van der Waals surface area contributed by atoms with Crippen molar-refractivity contribution < 1.29 is 18.4 Å². The lowest BCUT2D eigenvalue weighted by Gasteiger charge is -2.37. The first-order valence-electron chi connectivity index (χ1n) is 6.76. The number of amides is 2. The van der Waals surface area contributed by atoms with Crippen molar-refractivity contribution in [1.82, 2.24) is 10.6 Å². The number of hydrogen-bond donors (Lipinski definition) is 2. The van der Waals surface area contributed by atoms with Crippen molar-refractivity contribution in [3.63, 3.8) is 0 Å². The number of halogens is 2. The normalized spacial score (nSPS) is 18.4. The van der Waals surface area contributed by atoms with E-state index in [9.17, 15) is 18.4 Å². The average molecular weight is 276 g/mol. The second kappa shape index (κ2) is 6.82. The minimum Gasteiger partial charge on any atom is -0.348 e. The molecule has 6 heteroatoms. The predicted molar refractivity (Wildman–Crippen MR) is 67.8 cm³/mol. The maximum absolute atomic E-state index is 12.2. The van der Waals surface area contributed by atoms with Gasteiger partial charge < -0.3 is 10.6 Å². The van der Waals surface area contributed by atoms with Gasteiger partial charge in [-0.25, -0.2) is 8.78 Å². The summed E-state index contributed by atoms with van der Waals surface area (Å²) >= 11 is 0. The van der Waals surface area contributed by atoms with Gasteiger partial charge in [-0.3, -0.25) is 9.59 Å². The van der Waals surface area contributed by atoms with Crippen molar-refractivity contribution in [3.8, 4) is 0 Å². The minimum atomic E-state index is -2.58. The quantitative estimate of drug-likeness (QED) is 0.805. The highest BCUT2D eigenvalue weighted by atomic mass is 19.3. The molecule has 0 aliphatic heterocycles. The highest BCUT2D eigenvalue weighted by molar-refractivity contribution is 5.92. The van der Waals surface area contributed by atoms with E-state index in [0.717, 1.165) is 19.3 Å². The predicted octanol–water partition coefficient (Wildman–Crippen LogP) is 1.84. The molecule has 0 radical (unpaired) electrons. The molecule has 0 aromatic carbocycles. The summed E-state index contributed by atoms with van der Waals surface area (Å²) < 4.78 is 24.4. The van der Waals surface area contributed by atoms with Crippen molar-refractivity contribution in [2.45, 2.75) is 57.9 Å². The van der Waals surface area contributed by atoms with Crippen LogP contribution in [0.5, 0.6) is 0 Å². The molecule has 4 nitrogen and oxygen atoms in total. The van der Waals surface area contributed by atoms with E-state index < -0.39 is 24.4 Å². The summed E-state index contributed by atoms with van der Waals surface area (Å²) in [7, 11) is 0. The molecule has 0 spiro atoms. The van der Waals surface area contributed by atoms with Crippen LogP contribution in [0.1, 0.15) is 46.0 Å². The van der Waals surface area contributed by atoms with Gasteiger partial charge in [-0.2, -0.15) is 0 Å². The SMILES string of the molecule is CC(C)C(=O)NC1(C(=O)NCC(F)F)CCCCC1. The van der Waals surface area contributed by atoms with Crippen LogP contribution in [-0.2, 0) is 9.59 Å². The van der Waals surface area contributed by atoms with E-state index in [4.69, 9.17) is 0 Å². The third-order valence-corrected chi connectivity index (χ3v) is 3.45. The summed E-state index contributed by atoms with van der Waals surface area (Å²) in [5.41, 5.74) is -1.01. The van der Waals surface area contributed by atoms with Crippen molar-refractivity contribution in [2.75, 3.05) is 6.54 Å². The first kappa shape index (κ1) is 15.9. The molecule has 1 aliphatic rings. The molecule has 1 saturated carbocycles. The summed E-state index contributed by atoms with van der Waals surface area (Å²) in [5, 5.41) is 4.99. The van der Waals surface area contributed by atoms with Crippen LogP contribution in [0.3, 0.4) is 0 Å². The monoisotopic (exact) mass is 276 g/mol. The van der Waals surface area contributed by atoms with Crippen molar-refractivity contribution in [1.29, 1.82) is 0 Å². The van der Waals surface area contributed by atoms with Crippen LogP contribution in [-0.4, -0.2) is 30.3 Å². The van der Waals surface area contributed by atoms with E-state index in [1.165, 1.54) is 0 Å². The molecule has 19 heavy (non-hydrogen) atoms. The van der Waals surface area contributed by atoms with Crippen LogP contribution in [0.2, 0.25) is 0 Å². The van der Waals surface area contributed by atoms with Crippen LogP contribution in [0.4, 0.5) is 8.78 Å². The molecule has 0 bridgehead atoms. The third-order valence-electron chi connectivity index (χ3n) is 3.45. The van der Waals surface area contributed by atoms with Gasteiger partial charge in [0, 0.05) is 5.92 Å². The van der Waals surface area contributed by atoms with Gasteiger partial charge >= 0.3 is 0 Å². The van der Waals surface area contributed by atoms with E-state index >= 15 is 0 Å². The minimum absolute atomic E-state index is 0.214. The molecule has 2 N–H and O–H groups in total. The van der Waals surface area contributed by atoms with E-state index in [2.05, 4.69) is 10.6 Å². The largest absolute Gasteiger partial charge is 0.348 e. The fourth-order valence-corrected chi connectivity index (χ4v) is 2.28. The number of nitrogens with one attached hydrogen (secondary N) is 2. The summed E-state index contributed by atoms with van der Waals surface area (Å²) in [6.45, 7) is 2.81. The third kappa shape index (κ3) is 4.44. The Kier molecular flexibility index (Phi) is 5.69. The van der Waals surface area contributed by atoms with E-state index in [1.807, 2.05) is 0 Å². The lowest BCUT2D eigenvalue weighted by molar-refractivity contribution is -0.136. The molecule has 0 unspecified atom stereocenters. The molecule has 0 saturated heterocycles. The summed E-state index contributed by atoms with van der Waals surface area (Å²) in [6.07, 6.45) is 1.09. The Balaban J connectivity index is 2.74. The first-order valence-corrected chi connectivity index (χ1v) is 6.76. The zero-order chi connectivity index (χ0) is 14.5. The molecule has 1 aliphatic carbocycles. The maximum atomic E-state index is 12.2. The number of rotatable bonds is 5. The Morgan fingerprint density at radius 3 is 2.21 bits per heavy atom. The molecule has 0 aromatic rings. The van der Waals surface area contributed by atoms with E-state index in [-0.39, 0.29) is 11.8 Å². The van der Waals surface area contributed by atoms with Crippen LogP contribution < -0.4 is 10.6 Å². The van der Waals surface area contributed by atoms with Crippen molar-refractivity contribution in [3.05, 3.63) is 0 Å². The van der Waals surface area contributed by atoms with Crippen LogP contribution in [0.25, 0.3) is 0 Å². The van der Waals surface area contributed by atoms with Gasteiger partial charge in [0.15, 0.2) is 0 Å². The lowest BCUT2D eigenvalue weighted by Crippen LogP contribution is -2.60. The number of carbonyl (C=O) groups excluding carboxylic acids is 2. The lowest BCUT2D eigenvalue weighted by atomic mass is 9.80. The molecule has 0 heterocycles. The van der Waals surface area contributed by atoms with Gasteiger partial charge in [0.2, 0.25) is 11.8 Å². The van der Waals surface area contributed by atoms with Gasteiger partial charge in [0.1, 0.15) is 5.54 Å².